The molecule has 1 aliphatic carbocycles. The predicted molar refractivity (Wildman–Crippen MR) is 86.0 cm³/mol. The van der Waals surface area contributed by atoms with Crippen molar-refractivity contribution in [3.05, 3.63) is 46.3 Å². The second-order valence-electron chi connectivity index (χ2n) is 5.48. The van der Waals surface area contributed by atoms with Crippen molar-refractivity contribution in [2.75, 3.05) is 0 Å². The van der Waals surface area contributed by atoms with Crippen LogP contribution in [0.3, 0.4) is 0 Å². The van der Waals surface area contributed by atoms with Gasteiger partial charge in [0, 0.05) is 23.4 Å². The molecular formula is C15H15BrN2O4S. The number of hydrogen-bond acceptors (Lipinski definition) is 5. The van der Waals surface area contributed by atoms with Crippen molar-refractivity contribution in [3.8, 4) is 0 Å². The molecule has 23 heavy (non-hydrogen) atoms. The first-order chi connectivity index (χ1) is 10.9. The molecule has 0 atom stereocenters. The molecule has 0 spiro atoms. The third-order valence-corrected chi connectivity index (χ3v) is 5.99. The molecule has 1 heterocycles. The highest BCUT2D eigenvalue weighted by Crippen LogP contribution is 2.39. The van der Waals surface area contributed by atoms with Gasteiger partial charge in [0.2, 0.25) is 5.91 Å². The molecule has 0 N–H and O–H groups in total. The molecule has 1 saturated carbocycles. The molecule has 3 rings (SSSR count). The zero-order valence-corrected chi connectivity index (χ0v) is 14.8. The first-order valence-corrected chi connectivity index (χ1v) is 9.35. The summed E-state index contributed by atoms with van der Waals surface area (Å²) in [6, 6.07) is 7.86. The van der Waals surface area contributed by atoms with Gasteiger partial charge in [-0.05, 0) is 37.1 Å². The minimum Gasteiger partial charge on any atom is -0.359 e. The fraction of sp³-hybridized carbons (Fsp3) is 0.333. The Kier molecular flexibility index (Phi) is 4.29. The Balaban J connectivity index is 1.87. The fourth-order valence-electron chi connectivity index (χ4n) is 2.22. The van der Waals surface area contributed by atoms with Crippen LogP contribution in [-0.2, 0) is 21.4 Å². The van der Waals surface area contributed by atoms with Crippen molar-refractivity contribution in [1.29, 1.82) is 0 Å². The molecule has 2 aromatic rings. The zero-order chi connectivity index (χ0) is 16.6. The van der Waals surface area contributed by atoms with E-state index in [0.29, 0.717) is 11.7 Å². The van der Waals surface area contributed by atoms with E-state index in [2.05, 4.69) is 21.1 Å². The molecule has 122 valence electrons. The normalized spacial score (nSPS) is 14.7. The number of sulfonamides is 1. The lowest BCUT2D eigenvalue weighted by Gasteiger charge is -2.19. The first kappa shape index (κ1) is 16.2. The second kappa shape index (κ2) is 6.09. The second-order valence-corrected chi connectivity index (χ2v) is 8.25. The molecule has 0 saturated heterocycles. The Morgan fingerprint density at radius 3 is 2.57 bits per heavy atom. The van der Waals surface area contributed by atoms with Gasteiger partial charge in [-0.25, -0.2) is 12.7 Å². The summed E-state index contributed by atoms with van der Waals surface area (Å²) >= 11 is 3.26. The highest BCUT2D eigenvalue weighted by molar-refractivity contribution is 9.10. The summed E-state index contributed by atoms with van der Waals surface area (Å²) < 4.78 is 32.1. The van der Waals surface area contributed by atoms with Crippen molar-refractivity contribution < 1.29 is 17.7 Å². The number of nitrogens with zero attached hydrogens (tertiary/aromatic N) is 2. The number of halogens is 1. The zero-order valence-electron chi connectivity index (χ0n) is 12.4. The highest BCUT2D eigenvalue weighted by Gasteiger charge is 2.30. The number of carbonyl (C=O) groups is 1. The van der Waals surface area contributed by atoms with Gasteiger partial charge in [-0.1, -0.05) is 21.1 Å². The van der Waals surface area contributed by atoms with Gasteiger partial charge in [0.1, 0.15) is 0 Å². The van der Waals surface area contributed by atoms with Crippen LogP contribution in [0, 0.1) is 0 Å². The fourth-order valence-corrected chi connectivity index (χ4v) is 3.85. The van der Waals surface area contributed by atoms with Gasteiger partial charge >= 0.3 is 0 Å². The molecule has 1 fully saturated rings. The van der Waals surface area contributed by atoms with Gasteiger partial charge < -0.3 is 4.52 Å². The van der Waals surface area contributed by atoms with E-state index in [1.54, 1.807) is 18.2 Å². The monoisotopic (exact) mass is 398 g/mol. The largest absolute Gasteiger partial charge is 0.359 e. The van der Waals surface area contributed by atoms with Crippen LogP contribution in [0.1, 0.15) is 37.1 Å². The van der Waals surface area contributed by atoms with Gasteiger partial charge in [-0.2, -0.15) is 0 Å². The van der Waals surface area contributed by atoms with E-state index in [4.69, 9.17) is 4.52 Å². The highest BCUT2D eigenvalue weighted by atomic mass is 79.9. The van der Waals surface area contributed by atoms with Gasteiger partial charge in [0.15, 0.2) is 5.76 Å². The standard InChI is InChI=1S/C15H15BrN2O4S/c1-10(19)18(9-13-8-15(17-22-13)11-2-3-11)23(20,21)14-6-4-12(16)5-7-14/h4-8,11H,2-3,9H2,1H3. The van der Waals surface area contributed by atoms with E-state index in [9.17, 15) is 13.2 Å². The van der Waals surface area contributed by atoms with Crippen molar-refractivity contribution >= 4 is 31.9 Å². The van der Waals surface area contributed by atoms with Crippen molar-refractivity contribution in [1.82, 2.24) is 9.46 Å². The van der Waals surface area contributed by atoms with Crippen LogP contribution in [0.4, 0.5) is 0 Å². The Bertz CT molecular complexity index is 825. The van der Waals surface area contributed by atoms with Crippen molar-refractivity contribution in [2.45, 2.75) is 37.1 Å². The van der Waals surface area contributed by atoms with Crippen LogP contribution >= 0.6 is 15.9 Å². The molecule has 0 bridgehead atoms. The van der Waals surface area contributed by atoms with E-state index in [1.165, 1.54) is 19.1 Å². The lowest BCUT2D eigenvalue weighted by Crippen LogP contribution is -2.34. The molecule has 0 aliphatic heterocycles. The number of amides is 1. The molecule has 1 aromatic carbocycles. The number of benzene rings is 1. The Labute approximate surface area is 142 Å². The Hall–Kier alpha value is -1.67. The Morgan fingerprint density at radius 1 is 1.35 bits per heavy atom. The minimum absolute atomic E-state index is 0.0535. The van der Waals surface area contributed by atoms with Crippen molar-refractivity contribution in [2.24, 2.45) is 0 Å². The third kappa shape index (κ3) is 3.48. The maximum atomic E-state index is 12.7. The van der Waals surface area contributed by atoms with Crippen molar-refractivity contribution in [3.63, 3.8) is 0 Å². The summed E-state index contributed by atoms with van der Waals surface area (Å²) in [6.45, 7) is 1.06. The third-order valence-electron chi connectivity index (χ3n) is 3.63. The summed E-state index contributed by atoms with van der Waals surface area (Å²) in [5, 5.41) is 3.94. The smallest absolute Gasteiger partial charge is 0.266 e. The first-order valence-electron chi connectivity index (χ1n) is 7.12. The number of rotatable bonds is 5. The summed E-state index contributed by atoms with van der Waals surface area (Å²) in [7, 11) is -3.94. The Morgan fingerprint density at radius 2 is 2.00 bits per heavy atom. The van der Waals surface area contributed by atoms with Gasteiger partial charge in [-0.3, -0.25) is 4.79 Å². The summed E-state index contributed by atoms with van der Waals surface area (Å²) in [6.07, 6.45) is 2.14. The summed E-state index contributed by atoms with van der Waals surface area (Å²) in [5.41, 5.74) is 0.824. The molecule has 8 heteroatoms. The lowest BCUT2D eigenvalue weighted by atomic mass is 10.3. The molecule has 6 nitrogen and oxygen atoms in total. The van der Waals surface area contributed by atoms with E-state index in [-0.39, 0.29) is 11.4 Å². The summed E-state index contributed by atoms with van der Waals surface area (Å²) in [5.74, 6) is 0.196. The number of aromatic nitrogens is 1. The average Bonchev–Trinajstić information content (AvgIpc) is 3.24. The van der Waals surface area contributed by atoms with Crippen LogP contribution in [0.5, 0.6) is 0 Å². The molecule has 1 aliphatic rings. The van der Waals surface area contributed by atoms with Crippen LogP contribution in [0.2, 0.25) is 0 Å². The summed E-state index contributed by atoms with van der Waals surface area (Å²) in [4.78, 5) is 11.9. The van der Waals surface area contributed by atoms with Gasteiger partial charge in [-0.15, -0.1) is 0 Å². The van der Waals surface area contributed by atoms with E-state index < -0.39 is 15.9 Å². The van der Waals surface area contributed by atoms with Crippen LogP contribution in [0.15, 0.2) is 44.2 Å². The number of carbonyl (C=O) groups excluding carboxylic acids is 1. The quantitative estimate of drug-likeness (QED) is 0.772. The van der Waals surface area contributed by atoms with Gasteiger partial charge in [0.25, 0.3) is 10.0 Å². The average molecular weight is 399 g/mol. The van der Waals surface area contributed by atoms with E-state index in [1.807, 2.05) is 0 Å². The topological polar surface area (TPSA) is 80.5 Å². The molecule has 1 aromatic heterocycles. The van der Waals surface area contributed by atoms with E-state index in [0.717, 1.165) is 27.3 Å². The van der Waals surface area contributed by atoms with Crippen LogP contribution in [-0.4, -0.2) is 23.8 Å². The molecule has 0 radical (unpaired) electrons. The number of hydrogen-bond donors (Lipinski definition) is 0. The van der Waals surface area contributed by atoms with E-state index >= 15 is 0 Å². The van der Waals surface area contributed by atoms with Gasteiger partial charge in [0.05, 0.1) is 17.1 Å². The van der Waals surface area contributed by atoms with Crippen LogP contribution < -0.4 is 0 Å². The minimum atomic E-state index is -3.94. The predicted octanol–water partition coefficient (Wildman–Crippen LogP) is 3.05. The lowest BCUT2D eigenvalue weighted by molar-refractivity contribution is -0.124. The maximum Gasteiger partial charge on any atom is 0.266 e. The SMILES string of the molecule is CC(=O)N(Cc1cc(C2CC2)no1)S(=O)(=O)c1ccc(Br)cc1. The maximum absolute atomic E-state index is 12.7. The molecule has 1 amide bonds. The van der Waals surface area contributed by atoms with Crippen LogP contribution in [0.25, 0.3) is 0 Å². The molecule has 0 unspecified atom stereocenters. The molecular weight excluding hydrogens is 384 g/mol.